The molecule has 0 bridgehead atoms. The van der Waals surface area contributed by atoms with Crippen LogP contribution in [0.15, 0.2) is 24.3 Å². The van der Waals surface area contributed by atoms with Gasteiger partial charge in [-0.05, 0) is 57.0 Å². The zero-order chi connectivity index (χ0) is 15.1. The Morgan fingerprint density at radius 3 is 2.81 bits per heavy atom. The van der Waals surface area contributed by atoms with Crippen molar-refractivity contribution in [1.29, 1.82) is 0 Å². The highest BCUT2D eigenvalue weighted by Crippen LogP contribution is 2.18. The third-order valence-electron chi connectivity index (χ3n) is 4.28. The highest BCUT2D eigenvalue weighted by atomic mass is 19.1. The van der Waals surface area contributed by atoms with Gasteiger partial charge in [0.1, 0.15) is 5.82 Å². The van der Waals surface area contributed by atoms with Gasteiger partial charge in [-0.2, -0.15) is 0 Å². The van der Waals surface area contributed by atoms with E-state index in [1.54, 1.807) is 12.1 Å². The number of carbonyl (C=O) groups is 1. The van der Waals surface area contributed by atoms with E-state index < -0.39 is 0 Å². The van der Waals surface area contributed by atoms with Gasteiger partial charge in [0.15, 0.2) is 0 Å². The van der Waals surface area contributed by atoms with Crippen molar-refractivity contribution in [3.05, 3.63) is 35.6 Å². The third kappa shape index (κ3) is 5.46. The van der Waals surface area contributed by atoms with E-state index in [2.05, 4.69) is 17.3 Å². The topological polar surface area (TPSA) is 32.3 Å². The van der Waals surface area contributed by atoms with Crippen molar-refractivity contribution >= 4 is 5.91 Å². The van der Waals surface area contributed by atoms with Gasteiger partial charge in [-0.15, -0.1) is 0 Å². The quantitative estimate of drug-likeness (QED) is 0.874. The number of amides is 1. The zero-order valence-corrected chi connectivity index (χ0v) is 12.8. The Morgan fingerprint density at radius 2 is 2.10 bits per heavy atom. The lowest BCUT2D eigenvalue weighted by Crippen LogP contribution is -2.37. The van der Waals surface area contributed by atoms with Crippen LogP contribution in [-0.2, 0) is 11.2 Å². The van der Waals surface area contributed by atoms with Crippen molar-refractivity contribution in [2.24, 2.45) is 0 Å². The Kier molecular flexibility index (Phi) is 6.18. The summed E-state index contributed by atoms with van der Waals surface area (Å²) in [6.07, 6.45) is 6.05. The number of likely N-dealkylation sites (tertiary alicyclic amines) is 1. The smallest absolute Gasteiger partial charge is 0.220 e. The number of hydrogen-bond acceptors (Lipinski definition) is 2. The molecule has 0 aromatic heterocycles. The molecule has 116 valence electrons. The molecule has 3 nitrogen and oxygen atoms in total. The molecule has 0 unspecified atom stereocenters. The Balaban J connectivity index is 1.62. The fourth-order valence-corrected chi connectivity index (χ4v) is 2.89. The summed E-state index contributed by atoms with van der Waals surface area (Å²) in [5, 5.41) is 2.95. The molecule has 21 heavy (non-hydrogen) atoms. The van der Waals surface area contributed by atoms with E-state index in [1.807, 2.05) is 0 Å². The van der Waals surface area contributed by atoms with Crippen LogP contribution in [-0.4, -0.2) is 37.0 Å². The molecular weight excluding hydrogens is 267 g/mol. The number of hydrogen-bond donors (Lipinski definition) is 1. The van der Waals surface area contributed by atoms with Crippen LogP contribution < -0.4 is 5.32 Å². The van der Waals surface area contributed by atoms with Crippen LogP contribution in [0.1, 0.15) is 37.7 Å². The molecule has 1 aliphatic rings. The Morgan fingerprint density at radius 1 is 1.33 bits per heavy atom. The van der Waals surface area contributed by atoms with Crippen LogP contribution in [0.5, 0.6) is 0 Å². The molecule has 1 fully saturated rings. The summed E-state index contributed by atoms with van der Waals surface area (Å²) in [5.74, 6) is -0.101. The van der Waals surface area contributed by atoms with Crippen LogP contribution in [0.25, 0.3) is 0 Å². The molecule has 1 heterocycles. The summed E-state index contributed by atoms with van der Waals surface area (Å²) in [6.45, 7) is 1.77. The SMILES string of the molecule is CN1CCCC[C@@H]1CCC(=O)NCCc1ccc(F)cc1. The normalized spacial score (nSPS) is 19.4. The summed E-state index contributed by atoms with van der Waals surface area (Å²) in [5.41, 5.74) is 1.05. The molecule has 2 rings (SSSR count). The van der Waals surface area contributed by atoms with Gasteiger partial charge in [0, 0.05) is 19.0 Å². The number of rotatable bonds is 6. The molecule has 1 aromatic rings. The van der Waals surface area contributed by atoms with Crippen molar-refractivity contribution in [1.82, 2.24) is 10.2 Å². The molecular formula is C17H25FN2O. The number of nitrogens with zero attached hydrogens (tertiary/aromatic N) is 1. The van der Waals surface area contributed by atoms with Gasteiger partial charge >= 0.3 is 0 Å². The lowest BCUT2D eigenvalue weighted by molar-refractivity contribution is -0.121. The molecule has 0 radical (unpaired) electrons. The van der Waals surface area contributed by atoms with Gasteiger partial charge in [0.25, 0.3) is 0 Å². The molecule has 4 heteroatoms. The van der Waals surface area contributed by atoms with Gasteiger partial charge in [-0.25, -0.2) is 4.39 Å². The molecule has 1 amide bonds. The second kappa shape index (κ2) is 8.13. The van der Waals surface area contributed by atoms with Gasteiger partial charge < -0.3 is 10.2 Å². The minimum atomic E-state index is -0.223. The minimum absolute atomic E-state index is 0.121. The number of carbonyl (C=O) groups excluding carboxylic acids is 1. The maximum Gasteiger partial charge on any atom is 0.220 e. The number of nitrogens with one attached hydrogen (secondary N) is 1. The van der Waals surface area contributed by atoms with Crippen LogP contribution in [0.2, 0.25) is 0 Å². The standard InChI is InChI=1S/C17H25FN2O/c1-20-13-3-2-4-16(20)9-10-17(21)19-12-11-14-5-7-15(18)8-6-14/h5-8,16H,2-4,9-13H2,1H3,(H,19,21)/t16-/m1/s1. The molecule has 1 atom stereocenters. The summed E-state index contributed by atoms with van der Waals surface area (Å²) in [4.78, 5) is 14.2. The van der Waals surface area contributed by atoms with E-state index in [9.17, 15) is 9.18 Å². The van der Waals surface area contributed by atoms with Crippen molar-refractivity contribution in [2.45, 2.75) is 44.6 Å². The maximum absolute atomic E-state index is 12.8. The monoisotopic (exact) mass is 292 g/mol. The van der Waals surface area contributed by atoms with E-state index in [4.69, 9.17) is 0 Å². The first kappa shape index (κ1) is 16.0. The van der Waals surface area contributed by atoms with Gasteiger partial charge in [-0.1, -0.05) is 18.6 Å². The highest BCUT2D eigenvalue weighted by molar-refractivity contribution is 5.75. The summed E-state index contributed by atoms with van der Waals surface area (Å²) in [6, 6.07) is 6.99. The van der Waals surface area contributed by atoms with Gasteiger partial charge in [0.2, 0.25) is 5.91 Å². The van der Waals surface area contributed by atoms with E-state index in [-0.39, 0.29) is 11.7 Å². The first-order valence-electron chi connectivity index (χ1n) is 7.86. The lowest BCUT2D eigenvalue weighted by Gasteiger charge is -2.32. The van der Waals surface area contributed by atoms with Crippen molar-refractivity contribution in [3.8, 4) is 0 Å². The summed E-state index contributed by atoms with van der Waals surface area (Å²) < 4.78 is 12.8. The van der Waals surface area contributed by atoms with Crippen LogP contribution >= 0.6 is 0 Å². The van der Waals surface area contributed by atoms with Crippen LogP contribution in [0, 0.1) is 5.82 Å². The average molecular weight is 292 g/mol. The molecule has 1 saturated heterocycles. The Labute approximate surface area is 126 Å². The second-order valence-electron chi connectivity index (χ2n) is 5.90. The third-order valence-corrected chi connectivity index (χ3v) is 4.28. The fourth-order valence-electron chi connectivity index (χ4n) is 2.89. The summed E-state index contributed by atoms with van der Waals surface area (Å²) in [7, 11) is 2.15. The predicted octanol–water partition coefficient (Wildman–Crippen LogP) is 2.75. The number of piperidine rings is 1. The Hall–Kier alpha value is -1.42. The van der Waals surface area contributed by atoms with E-state index in [0.717, 1.165) is 24.9 Å². The second-order valence-corrected chi connectivity index (χ2v) is 5.90. The van der Waals surface area contributed by atoms with Crippen molar-refractivity contribution < 1.29 is 9.18 Å². The molecule has 1 aromatic carbocycles. The van der Waals surface area contributed by atoms with E-state index >= 15 is 0 Å². The first-order chi connectivity index (χ1) is 10.1. The molecule has 1 aliphatic heterocycles. The highest BCUT2D eigenvalue weighted by Gasteiger charge is 2.19. The Bertz CT molecular complexity index is 447. The van der Waals surface area contributed by atoms with Gasteiger partial charge in [-0.3, -0.25) is 4.79 Å². The van der Waals surface area contributed by atoms with Crippen molar-refractivity contribution in [2.75, 3.05) is 20.1 Å². The van der Waals surface area contributed by atoms with Gasteiger partial charge in [0.05, 0.1) is 0 Å². The molecule has 0 spiro atoms. The van der Waals surface area contributed by atoms with Crippen LogP contribution in [0.4, 0.5) is 4.39 Å². The lowest BCUT2D eigenvalue weighted by atomic mass is 9.98. The molecule has 0 aliphatic carbocycles. The van der Waals surface area contributed by atoms with Crippen LogP contribution in [0.3, 0.4) is 0 Å². The minimum Gasteiger partial charge on any atom is -0.356 e. The maximum atomic E-state index is 12.8. The van der Waals surface area contributed by atoms with E-state index in [0.29, 0.717) is 19.0 Å². The molecule has 0 saturated carbocycles. The average Bonchev–Trinajstić information content (AvgIpc) is 2.48. The zero-order valence-electron chi connectivity index (χ0n) is 12.8. The largest absolute Gasteiger partial charge is 0.356 e. The number of halogens is 1. The van der Waals surface area contributed by atoms with Crippen molar-refractivity contribution in [3.63, 3.8) is 0 Å². The van der Waals surface area contributed by atoms with E-state index in [1.165, 1.54) is 31.4 Å². The first-order valence-corrected chi connectivity index (χ1v) is 7.86. The predicted molar refractivity (Wildman–Crippen MR) is 82.6 cm³/mol. The number of benzene rings is 1. The summed E-state index contributed by atoms with van der Waals surface area (Å²) >= 11 is 0. The molecule has 1 N–H and O–H groups in total. The fraction of sp³-hybridized carbons (Fsp3) is 0.588.